The van der Waals surface area contributed by atoms with Crippen LogP contribution in [-0.4, -0.2) is 24.3 Å². The molecular weight excluding hydrogens is 364 g/mol. The first-order valence-corrected chi connectivity index (χ1v) is 9.35. The minimum atomic E-state index is -0.459. The van der Waals surface area contributed by atoms with E-state index in [1.54, 1.807) is 11.3 Å². The quantitative estimate of drug-likeness (QED) is 0.676. The van der Waals surface area contributed by atoms with Crippen LogP contribution in [0.2, 0.25) is 0 Å². The SMILES string of the molecule is CCCCC(CNC(=O)OC(C)(C)C)NCc1ccc(Br)s1. The molecule has 0 saturated carbocycles. The van der Waals surface area contributed by atoms with E-state index in [9.17, 15) is 4.79 Å². The van der Waals surface area contributed by atoms with Crippen LogP contribution >= 0.6 is 27.3 Å². The van der Waals surface area contributed by atoms with Crippen LogP contribution in [0, 0.1) is 0 Å². The van der Waals surface area contributed by atoms with Crippen LogP contribution in [0.15, 0.2) is 15.9 Å². The molecule has 1 unspecified atom stereocenters. The first-order chi connectivity index (χ1) is 10.3. The normalized spacial score (nSPS) is 13.0. The molecule has 1 atom stereocenters. The number of carbonyl (C=O) groups is 1. The summed E-state index contributed by atoms with van der Waals surface area (Å²) in [5.41, 5.74) is -0.459. The largest absolute Gasteiger partial charge is 0.444 e. The fourth-order valence-electron chi connectivity index (χ4n) is 1.94. The van der Waals surface area contributed by atoms with Gasteiger partial charge in [-0.05, 0) is 55.3 Å². The molecular formula is C16H27BrN2O2S. The average molecular weight is 391 g/mol. The molecule has 0 saturated heterocycles. The fraction of sp³-hybridized carbons (Fsp3) is 0.688. The van der Waals surface area contributed by atoms with Crippen LogP contribution in [0.4, 0.5) is 4.79 Å². The van der Waals surface area contributed by atoms with Crippen LogP contribution in [-0.2, 0) is 11.3 Å². The third-order valence-electron chi connectivity index (χ3n) is 2.99. The number of rotatable bonds is 8. The van der Waals surface area contributed by atoms with Crippen LogP contribution in [0.1, 0.15) is 51.8 Å². The van der Waals surface area contributed by atoms with E-state index in [1.165, 1.54) is 4.88 Å². The number of ether oxygens (including phenoxy) is 1. The molecule has 0 aliphatic carbocycles. The summed E-state index contributed by atoms with van der Waals surface area (Å²) in [4.78, 5) is 13.0. The highest BCUT2D eigenvalue weighted by molar-refractivity contribution is 9.11. The summed E-state index contributed by atoms with van der Waals surface area (Å²) < 4.78 is 6.42. The van der Waals surface area contributed by atoms with Crippen molar-refractivity contribution < 1.29 is 9.53 Å². The smallest absolute Gasteiger partial charge is 0.407 e. The first-order valence-electron chi connectivity index (χ1n) is 7.74. The Morgan fingerprint density at radius 1 is 1.41 bits per heavy atom. The Balaban J connectivity index is 2.41. The standard InChI is InChI=1S/C16H27BrN2O2S/c1-5-6-7-12(10-19-15(20)21-16(2,3)4)18-11-13-8-9-14(17)22-13/h8-9,12,18H,5-7,10-11H2,1-4H3,(H,19,20). The number of alkyl carbamates (subject to hydrolysis) is 1. The molecule has 22 heavy (non-hydrogen) atoms. The van der Waals surface area contributed by atoms with Gasteiger partial charge < -0.3 is 15.4 Å². The first kappa shape index (κ1) is 19.5. The minimum Gasteiger partial charge on any atom is -0.444 e. The maximum Gasteiger partial charge on any atom is 0.407 e. The second-order valence-corrected chi connectivity index (χ2v) is 8.86. The molecule has 0 radical (unpaired) electrons. The maximum absolute atomic E-state index is 11.7. The van der Waals surface area contributed by atoms with Crippen molar-refractivity contribution in [1.29, 1.82) is 0 Å². The lowest BCUT2D eigenvalue weighted by molar-refractivity contribution is 0.0521. The van der Waals surface area contributed by atoms with Gasteiger partial charge in [0.1, 0.15) is 5.60 Å². The van der Waals surface area contributed by atoms with E-state index < -0.39 is 5.60 Å². The van der Waals surface area contributed by atoms with Gasteiger partial charge in [-0.25, -0.2) is 4.79 Å². The third kappa shape index (κ3) is 8.76. The van der Waals surface area contributed by atoms with Crippen molar-refractivity contribution in [2.24, 2.45) is 0 Å². The highest BCUT2D eigenvalue weighted by Crippen LogP contribution is 2.22. The van der Waals surface area contributed by atoms with E-state index in [-0.39, 0.29) is 12.1 Å². The van der Waals surface area contributed by atoms with Crippen LogP contribution in [0.3, 0.4) is 0 Å². The molecule has 126 valence electrons. The fourth-order valence-corrected chi connectivity index (χ4v) is 3.37. The van der Waals surface area contributed by atoms with Crippen LogP contribution < -0.4 is 10.6 Å². The Kier molecular flexibility index (Phi) is 8.43. The van der Waals surface area contributed by atoms with E-state index in [1.807, 2.05) is 20.8 Å². The van der Waals surface area contributed by atoms with Crippen molar-refractivity contribution in [2.75, 3.05) is 6.54 Å². The van der Waals surface area contributed by atoms with E-state index in [4.69, 9.17) is 4.74 Å². The monoisotopic (exact) mass is 390 g/mol. The predicted molar refractivity (Wildman–Crippen MR) is 96.4 cm³/mol. The summed E-state index contributed by atoms with van der Waals surface area (Å²) in [5.74, 6) is 0. The topological polar surface area (TPSA) is 50.4 Å². The van der Waals surface area contributed by atoms with Crippen molar-refractivity contribution >= 4 is 33.4 Å². The predicted octanol–water partition coefficient (Wildman–Crippen LogP) is 4.68. The van der Waals surface area contributed by atoms with Crippen molar-refractivity contribution in [1.82, 2.24) is 10.6 Å². The molecule has 1 amide bonds. The molecule has 1 aromatic rings. The third-order valence-corrected chi connectivity index (χ3v) is 4.62. The average Bonchev–Trinajstić information content (AvgIpc) is 2.81. The molecule has 1 rings (SSSR count). The van der Waals surface area contributed by atoms with Gasteiger partial charge in [0.15, 0.2) is 0 Å². The summed E-state index contributed by atoms with van der Waals surface area (Å²) in [6.45, 7) is 9.19. The molecule has 0 aliphatic rings. The number of nitrogens with one attached hydrogen (secondary N) is 2. The van der Waals surface area contributed by atoms with Gasteiger partial charge in [-0.1, -0.05) is 19.8 Å². The van der Waals surface area contributed by atoms with Gasteiger partial charge in [-0.3, -0.25) is 0 Å². The number of thiophene rings is 1. The van der Waals surface area contributed by atoms with E-state index in [0.717, 1.165) is 29.6 Å². The molecule has 0 aliphatic heterocycles. The second-order valence-electron chi connectivity index (χ2n) is 6.31. The summed E-state index contributed by atoms with van der Waals surface area (Å²) in [6, 6.07) is 4.43. The second kappa shape index (κ2) is 9.53. The maximum atomic E-state index is 11.7. The molecule has 0 aromatic carbocycles. The zero-order valence-electron chi connectivity index (χ0n) is 13.9. The highest BCUT2D eigenvalue weighted by atomic mass is 79.9. The minimum absolute atomic E-state index is 0.258. The van der Waals surface area contributed by atoms with Gasteiger partial charge in [0.25, 0.3) is 0 Å². The van der Waals surface area contributed by atoms with Crippen molar-refractivity contribution in [3.05, 3.63) is 20.8 Å². The summed E-state index contributed by atoms with van der Waals surface area (Å²) in [5, 5.41) is 6.38. The lowest BCUT2D eigenvalue weighted by Crippen LogP contribution is -2.42. The summed E-state index contributed by atoms with van der Waals surface area (Å²) >= 11 is 5.20. The Bertz CT molecular complexity index is 457. The number of unbranched alkanes of at least 4 members (excludes halogenated alkanes) is 1. The number of hydrogen-bond acceptors (Lipinski definition) is 4. The molecule has 2 N–H and O–H groups in total. The van der Waals surface area contributed by atoms with Gasteiger partial charge in [0.05, 0.1) is 3.79 Å². The lowest BCUT2D eigenvalue weighted by Gasteiger charge is -2.22. The summed E-state index contributed by atoms with van der Waals surface area (Å²) in [6.07, 6.45) is 2.98. The Morgan fingerprint density at radius 2 is 2.14 bits per heavy atom. The molecule has 0 spiro atoms. The Morgan fingerprint density at radius 3 is 2.68 bits per heavy atom. The van der Waals surface area contributed by atoms with E-state index in [0.29, 0.717) is 6.54 Å². The molecule has 6 heteroatoms. The molecule has 0 bridgehead atoms. The molecule has 1 aromatic heterocycles. The Hall–Kier alpha value is -0.590. The molecule has 0 fully saturated rings. The van der Waals surface area contributed by atoms with Crippen LogP contribution in [0.5, 0.6) is 0 Å². The van der Waals surface area contributed by atoms with Gasteiger partial charge in [-0.2, -0.15) is 0 Å². The highest BCUT2D eigenvalue weighted by Gasteiger charge is 2.17. The van der Waals surface area contributed by atoms with Gasteiger partial charge >= 0.3 is 6.09 Å². The zero-order chi connectivity index (χ0) is 16.6. The van der Waals surface area contributed by atoms with Gasteiger partial charge in [0, 0.05) is 24.0 Å². The van der Waals surface area contributed by atoms with E-state index >= 15 is 0 Å². The van der Waals surface area contributed by atoms with Crippen molar-refractivity contribution in [3.8, 4) is 0 Å². The summed E-state index contributed by atoms with van der Waals surface area (Å²) in [7, 11) is 0. The number of carbonyl (C=O) groups excluding carboxylic acids is 1. The van der Waals surface area contributed by atoms with Crippen molar-refractivity contribution in [3.63, 3.8) is 0 Å². The van der Waals surface area contributed by atoms with Crippen molar-refractivity contribution in [2.45, 2.75) is 65.1 Å². The Labute approximate surface area is 146 Å². The van der Waals surface area contributed by atoms with Crippen LogP contribution in [0.25, 0.3) is 0 Å². The van der Waals surface area contributed by atoms with E-state index in [2.05, 4.69) is 45.6 Å². The molecule has 1 heterocycles. The number of hydrogen-bond donors (Lipinski definition) is 2. The van der Waals surface area contributed by atoms with Gasteiger partial charge in [0.2, 0.25) is 0 Å². The molecule has 4 nitrogen and oxygen atoms in total. The lowest BCUT2D eigenvalue weighted by atomic mass is 10.1. The van der Waals surface area contributed by atoms with Gasteiger partial charge in [-0.15, -0.1) is 11.3 Å². The number of halogens is 1. The number of amides is 1. The zero-order valence-corrected chi connectivity index (χ0v) is 16.3.